The largest absolute Gasteiger partial charge is 0.497 e. The summed E-state index contributed by atoms with van der Waals surface area (Å²) in [4.78, 5) is 32.8. The van der Waals surface area contributed by atoms with E-state index in [1.165, 1.54) is 0 Å². The molecular weight excluding hydrogens is 422 g/mol. The number of amides is 3. The van der Waals surface area contributed by atoms with Gasteiger partial charge in [0.2, 0.25) is 0 Å². The van der Waals surface area contributed by atoms with Crippen LogP contribution in [0.15, 0.2) is 53.1 Å². The highest BCUT2D eigenvalue weighted by Gasteiger charge is 2.20. The van der Waals surface area contributed by atoms with Crippen LogP contribution in [0.2, 0.25) is 0 Å². The van der Waals surface area contributed by atoms with Gasteiger partial charge in [0.25, 0.3) is 11.8 Å². The van der Waals surface area contributed by atoms with Crippen molar-refractivity contribution >= 4 is 17.6 Å². The number of nitrogens with one attached hydrogen (secondary N) is 1. The third-order valence-corrected chi connectivity index (χ3v) is 5.58. The van der Waals surface area contributed by atoms with Gasteiger partial charge in [-0.2, -0.15) is 4.98 Å². The third-order valence-electron chi connectivity index (χ3n) is 5.58. The Morgan fingerprint density at radius 2 is 1.91 bits per heavy atom. The van der Waals surface area contributed by atoms with Gasteiger partial charge in [0.1, 0.15) is 5.75 Å². The number of nitrogens with zero attached hydrogens (tertiary/aromatic N) is 4. The molecule has 33 heavy (non-hydrogen) atoms. The molecule has 0 radical (unpaired) electrons. The minimum atomic E-state index is -0.245. The maximum Gasteiger partial charge on any atom is 0.321 e. The second-order valence-electron chi connectivity index (χ2n) is 7.93. The minimum absolute atomic E-state index is 0.0560. The number of carbonyl (C=O) groups is 2. The first-order valence-electron chi connectivity index (χ1n) is 10.9. The van der Waals surface area contributed by atoms with Crippen LogP contribution in [0.5, 0.6) is 5.75 Å². The number of hydrogen-bond acceptors (Lipinski definition) is 6. The topological polar surface area (TPSA) is 101 Å². The fourth-order valence-corrected chi connectivity index (χ4v) is 3.62. The minimum Gasteiger partial charge on any atom is -0.497 e. The Balaban J connectivity index is 1.31. The van der Waals surface area contributed by atoms with Crippen molar-refractivity contribution in [3.63, 3.8) is 0 Å². The van der Waals surface area contributed by atoms with E-state index in [4.69, 9.17) is 9.26 Å². The van der Waals surface area contributed by atoms with Crippen molar-refractivity contribution in [2.24, 2.45) is 0 Å². The van der Waals surface area contributed by atoms with Crippen LogP contribution in [-0.2, 0) is 6.42 Å². The third kappa shape index (κ3) is 5.49. The summed E-state index contributed by atoms with van der Waals surface area (Å²) in [6.07, 6.45) is 2.57. The van der Waals surface area contributed by atoms with E-state index >= 15 is 0 Å². The molecule has 1 N–H and O–H groups in total. The van der Waals surface area contributed by atoms with E-state index in [1.807, 2.05) is 29.2 Å². The van der Waals surface area contributed by atoms with Crippen molar-refractivity contribution in [1.29, 1.82) is 0 Å². The number of benzene rings is 2. The predicted octanol–water partition coefficient (Wildman–Crippen LogP) is 3.69. The van der Waals surface area contributed by atoms with Crippen LogP contribution in [0.3, 0.4) is 0 Å². The van der Waals surface area contributed by atoms with E-state index in [9.17, 15) is 9.59 Å². The summed E-state index contributed by atoms with van der Waals surface area (Å²) in [6, 6.07) is 14.1. The zero-order valence-electron chi connectivity index (χ0n) is 18.8. The molecule has 1 saturated heterocycles. The summed E-state index contributed by atoms with van der Waals surface area (Å²) in [5.74, 6) is 1.61. The lowest BCUT2D eigenvalue weighted by Crippen LogP contribution is -2.33. The highest BCUT2D eigenvalue weighted by molar-refractivity contribution is 5.94. The van der Waals surface area contributed by atoms with Gasteiger partial charge in [0, 0.05) is 56.0 Å². The smallest absolute Gasteiger partial charge is 0.321 e. The maximum atomic E-state index is 12.5. The molecular formula is C24H27N5O4. The molecule has 1 aliphatic heterocycles. The molecule has 172 valence electrons. The van der Waals surface area contributed by atoms with Crippen LogP contribution in [0, 0.1) is 0 Å². The normalized spacial score (nSPS) is 13.1. The molecule has 2 aromatic carbocycles. The molecule has 0 spiro atoms. The number of likely N-dealkylation sites (tertiary alicyclic amines) is 1. The molecule has 0 bridgehead atoms. The SMILES string of the molecule is COc1cccc(NC(=O)N(C)CCc2noc(-c3ccc(C(=O)N4CCCC4)cc3)n2)c1. The zero-order chi connectivity index (χ0) is 23.2. The van der Waals surface area contributed by atoms with Crippen LogP contribution in [0.25, 0.3) is 11.5 Å². The number of likely N-dealkylation sites (N-methyl/N-ethyl adjacent to an activating group) is 1. The fourth-order valence-electron chi connectivity index (χ4n) is 3.62. The average molecular weight is 450 g/mol. The van der Waals surface area contributed by atoms with E-state index in [-0.39, 0.29) is 11.9 Å². The Morgan fingerprint density at radius 1 is 1.15 bits per heavy atom. The molecule has 1 aliphatic rings. The second kappa shape index (κ2) is 10.2. The van der Waals surface area contributed by atoms with Crippen LogP contribution < -0.4 is 10.1 Å². The lowest BCUT2D eigenvalue weighted by molar-refractivity contribution is 0.0793. The molecule has 0 unspecified atom stereocenters. The first kappa shape index (κ1) is 22.3. The van der Waals surface area contributed by atoms with Gasteiger partial charge >= 0.3 is 6.03 Å². The number of carbonyl (C=O) groups excluding carboxylic acids is 2. The van der Waals surface area contributed by atoms with Crippen LogP contribution >= 0.6 is 0 Å². The number of anilines is 1. The number of hydrogen-bond donors (Lipinski definition) is 1. The van der Waals surface area contributed by atoms with Crippen LogP contribution in [0.1, 0.15) is 29.0 Å². The molecule has 0 saturated carbocycles. The quantitative estimate of drug-likeness (QED) is 0.590. The van der Waals surface area contributed by atoms with E-state index in [1.54, 1.807) is 43.3 Å². The second-order valence-corrected chi connectivity index (χ2v) is 7.93. The molecule has 1 fully saturated rings. The van der Waals surface area contributed by atoms with Gasteiger partial charge in [-0.15, -0.1) is 0 Å². The van der Waals surface area contributed by atoms with Crippen LogP contribution in [-0.4, -0.2) is 65.7 Å². The van der Waals surface area contributed by atoms with Crippen molar-refractivity contribution in [1.82, 2.24) is 19.9 Å². The van der Waals surface area contributed by atoms with E-state index in [0.717, 1.165) is 31.5 Å². The maximum absolute atomic E-state index is 12.5. The van der Waals surface area contributed by atoms with E-state index in [0.29, 0.717) is 41.7 Å². The molecule has 9 nitrogen and oxygen atoms in total. The summed E-state index contributed by atoms with van der Waals surface area (Å²) < 4.78 is 10.5. The summed E-state index contributed by atoms with van der Waals surface area (Å²) in [5.41, 5.74) is 2.06. The molecule has 2 heterocycles. The summed E-state index contributed by atoms with van der Waals surface area (Å²) in [5, 5.41) is 6.84. The molecule has 9 heteroatoms. The molecule has 3 amide bonds. The Labute approximate surface area is 192 Å². The zero-order valence-corrected chi connectivity index (χ0v) is 18.8. The Morgan fingerprint density at radius 3 is 2.64 bits per heavy atom. The number of methoxy groups -OCH3 is 1. The number of rotatable bonds is 7. The monoisotopic (exact) mass is 449 g/mol. The highest BCUT2D eigenvalue weighted by Crippen LogP contribution is 2.20. The Hall–Kier alpha value is -3.88. The van der Waals surface area contributed by atoms with E-state index < -0.39 is 0 Å². The summed E-state index contributed by atoms with van der Waals surface area (Å²) in [7, 11) is 3.28. The van der Waals surface area contributed by atoms with Gasteiger partial charge in [-0.1, -0.05) is 11.2 Å². The summed E-state index contributed by atoms with van der Waals surface area (Å²) in [6.45, 7) is 2.05. The van der Waals surface area contributed by atoms with Crippen molar-refractivity contribution in [3.05, 3.63) is 59.9 Å². The first-order valence-corrected chi connectivity index (χ1v) is 10.9. The highest BCUT2D eigenvalue weighted by atomic mass is 16.5. The average Bonchev–Trinajstić information content (AvgIpc) is 3.55. The summed E-state index contributed by atoms with van der Waals surface area (Å²) >= 11 is 0. The first-order chi connectivity index (χ1) is 16.0. The lowest BCUT2D eigenvalue weighted by Gasteiger charge is -2.17. The van der Waals surface area contributed by atoms with Gasteiger partial charge in [0.05, 0.1) is 7.11 Å². The van der Waals surface area contributed by atoms with E-state index in [2.05, 4.69) is 15.5 Å². The van der Waals surface area contributed by atoms with Crippen LogP contribution in [0.4, 0.5) is 10.5 Å². The Bertz CT molecular complexity index is 1110. The Kier molecular flexibility index (Phi) is 6.87. The van der Waals surface area contributed by atoms with Gasteiger partial charge in [-0.25, -0.2) is 4.79 Å². The van der Waals surface area contributed by atoms with Crippen molar-refractivity contribution in [2.45, 2.75) is 19.3 Å². The van der Waals surface area contributed by atoms with Gasteiger partial charge in [0.15, 0.2) is 5.82 Å². The standard InChI is InChI=1S/C24H27N5O4/c1-28(24(31)25-19-6-5-7-20(16-19)32-2)15-12-21-26-22(33-27-21)17-8-10-18(11-9-17)23(30)29-13-3-4-14-29/h5-11,16H,3-4,12-15H2,1-2H3,(H,25,31). The predicted molar refractivity (Wildman–Crippen MR) is 123 cm³/mol. The van der Waals surface area contributed by atoms with Crippen molar-refractivity contribution in [3.8, 4) is 17.2 Å². The van der Waals surface area contributed by atoms with Crippen molar-refractivity contribution in [2.75, 3.05) is 39.1 Å². The lowest BCUT2D eigenvalue weighted by atomic mass is 10.1. The van der Waals surface area contributed by atoms with Crippen molar-refractivity contribution < 1.29 is 18.8 Å². The molecule has 0 atom stereocenters. The fraction of sp³-hybridized carbons (Fsp3) is 0.333. The van der Waals surface area contributed by atoms with Gasteiger partial charge in [-0.3, -0.25) is 4.79 Å². The number of urea groups is 1. The molecule has 3 aromatic rings. The molecule has 0 aliphatic carbocycles. The molecule has 4 rings (SSSR count). The number of ether oxygens (including phenoxy) is 1. The van der Waals surface area contributed by atoms with Gasteiger partial charge < -0.3 is 24.4 Å². The number of aromatic nitrogens is 2. The van der Waals surface area contributed by atoms with Gasteiger partial charge in [-0.05, 0) is 49.2 Å². The molecule has 1 aromatic heterocycles.